The van der Waals surface area contributed by atoms with E-state index in [1.165, 1.54) is 18.5 Å². The van der Waals surface area contributed by atoms with Crippen molar-refractivity contribution in [2.45, 2.75) is 18.9 Å². The molecule has 1 aliphatic heterocycles. The number of hydrogen-bond acceptors (Lipinski definition) is 3. The maximum absolute atomic E-state index is 5.43. The zero-order chi connectivity index (χ0) is 13.9. The van der Waals surface area contributed by atoms with Gasteiger partial charge in [0.1, 0.15) is 5.76 Å². The summed E-state index contributed by atoms with van der Waals surface area (Å²) in [7, 11) is 4.36. The van der Waals surface area contributed by atoms with E-state index in [9.17, 15) is 0 Å². The van der Waals surface area contributed by atoms with Gasteiger partial charge in [-0.25, -0.2) is 0 Å². The third-order valence-corrected chi connectivity index (χ3v) is 4.23. The van der Waals surface area contributed by atoms with Gasteiger partial charge in [-0.15, -0.1) is 0 Å². The second-order valence-electron chi connectivity index (χ2n) is 5.71. The van der Waals surface area contributed by atoms with Gasteiger partial charge in [-0.2, -0.15) is 0 Å². The van der Waals surface area contributed by atoms with Crippen molar-refractivity contribution in [1.29, 1.82) is 0 Å². The van der Waals surface area contributed by atoms with Crippen molar-refractivity contribution >= 4 is 5.69 Å². The molecular formula is C17H22N2O. The van der Waals surface area contributed by atoms with Gasteiger partial charge in [0, 0.05) is 30.4 Å². The van der Waals surface area contributed by atoms with Gasteiger partial charge >= 0.3 is 0 Å². The van der Waals surface area contributed by atoms with Crippen molar-refractivity contribution in [1.82, 2.24) is 4.90 Å². The van der Waals surface area contributed by atoms with E-state index in [2.05, 4.69) is 48.2 Å². The lowest BCUT2D eigenvalue weighted by atomic mass is 10.0. The van der Waals surface area contributed by atoms with Gasteiger partial charge in [-0.3, -0.25) is 0 Å². The summed E-state index contributed by atoms with van der Waals surface area (Å²) in [5.41, 5.74) is 2.46. The molecule has 2 heterocycles. The van der Waals surface area contributed by atoms with Crippen LogP contribution in [0.2, 0.25) is 0 Å². The number of hydrogen-bond donors (Lipinski definition) is 0. The second kappa shape index (κ2) is 5.71. The quantitative estimate of drug-likeness (QED) is 0.851. The fourth-order valence-electron chi connectivity index (χ4n) is 2.92. The Kier molecular flexibility index (Phi) is 3.79. The van der Waals surface area contributed by atoms with E-state index >= 15 is 0 Å². The zero-order valence-electron chi connectivity index (χ0n) is 12.2. The van der Waals surface area contributed by atoms with E-state index in [4.69, 9.17) is 4.42 Å². The Bertz CT molecular complexity index is 523. The van der Waals surface area contributed by atoms with E-state index in [0.29, 0.717) is 0 Å². The lowest BCUT2D eigenvalue weighted by Crippen LogP contribution is -2.41. The standard InChI is InChI=1S/C17H22N2O/c1-18(2)15-9-11-19(12-10-15)16-7-5-14(6-8-16)17-4-3-13-20-17/h3-8,13,15H,9-12H2,1-2H3. The fraction of sp³-hybridized carbons (Fsp3) is 0.412. The van der Waals surface area contributed by atoms with Crippen LogP contribution in [0.5, 0.6) is 0 Å². The Hall–Kier alpha value is -1.74. The molecule has 1 aromatic heterocycles. The summed E-state index contributed by atoms with van der Waals surface area (Å²) in [5.74, 6) is 0.933. The van der Waals surface area contributed by atoms with Gasteiger partial charge in [0.15, 0.2) is 0 Å². The summed E-state index contributed by atoms with van der Waals surface area (Å²) < 4.78 is 5.43. The molecule has 0 atom stereocenters. The second-order valence-corrected chi connectivity index (χ2v) is 5.71. The Morgan fingerprint density at radius 2 is 1.75 bits per heavy atom. The Morgan fingerprint density at radius 1 is 1.05 bits per heavy atom. The number of rotatable bonds is 3. The number of nitrogens with zero attached hydrogens (tertiary/aromatic N) is 2. The summed E-state index contributed by atoms with van der Waals surface area (Å²) in [6.45, 7) is 2.28. The van der Waals surface area contributed by atoms with Crippen LogP contribution in [0.15, 0.2) is 47.1 Å². The van der Waals surface area contributed by atoms with Crippen LogP contribution in [-0.4, -0.2) is 38.1 Å². The van der Waals surface area contributed by atoms with Gasteiger partial charge in [0.05, 0.1) is 6.26 Å². The largest absolute Gasteiger partial charge is 0.464 e. The first-order valence-electron chi connectivity index (χ1n) is 7.29. The highest BCUT2D eigenvalue weighted by Crippen LogP contribution is 2.26. The number of benzene rings is 1. The zero-order valence-corrected chi connectivity index (χ0v) is 12.2. The Morgan fingerprint density at radius 3 is 2.30 bits per heavy atom. The van der Waals surface area contributed by atoms with Crippen molar-refractivity contribution in [3.63, 3.8) is 0 Å². The van der Waals surface area contributed by atoms with Gasteiger partial charge in [0.25, 0.3) is 0 Å². The molecule has 0 bridgehead atoms. The molecule has 0 amide bonds. The van der Waals surface area contributed by atoms with Crippen LogP contribution in [0.1, 0.15) is 12.8 Å². The van der Waals surface area contributed by atoms with Crippen molar-refractivity contribution in [2.75, 3.05) is 32.1 Å². The molecule has 0 aliphatic carbocycles. The lowest BCUT2D eigenvalue weighted by Gasteiger charge is -2.36. The van der Waals surface area contributed by atoms with Crippen LogP contribution in [0.4, 0.5) is 5.69 Å². The van der Waals surface area contributed by atoms with Crippen LogP contribution < -0.4 is 4.90 Å². The highest BCUT2D eigenvalue weighted by atomic mass is 16.3. The smallest absolute Gasteiger partial charge is 0.133 e. The molecule has 0 saturated carbocycles. The SMILES string of the molecule is CN(C)C1CCN(c2ccc(-c3ccco3)cc2)CC1. The minimum absolute atomic E-state index is 0.730. The molecule has 3 rings (SSSR count). The number of furan rings is 1. The molecule has 1 aromatic carbocycles. The molecule has 1 aliphatic rings. The molecule has 0 spiro atoms. The third-order valence-electron chi connectivity index (χ3n) is 4.23. The van der Waals surface area contributed by atoms with Gasteiger partial charge in [-0.1, -0.05) is 0 Å². The van der Waals surface area contributed by atoms with Crippen molar-refractivity contribution < 1.29 is 4.42 Å². The first kappa shape index (κ1) is 13.3. The lowest BCUT2D eigenvalue weighted by molar-refractivity contribution is 0.249. The van der Waals surface area contributed by atoms with Crippen LogP contribution in [0.25, 0.3) is 11.3 Å². The van der Waals surface area contributed by atoms with E-state index in [-0.39, 0.29) is 0 Å². The van der Waals surface area contributed by atoms with Crippen LogP contribution in [-0.2, 0) is 0 Å². The number of piperidine rings is 1. The van der Waals surface area contributed by atoms with Crippen molar-refractivity contribution in [3.05, 3.63) is 42.7 Å². The van der Waals surface area contributed by atoms with E-state index < -0.39 is 0 Å². The maximum Gasteiger partial charge on any atom is 0.133 e. The highest BCUT2D eigenvalue weighted by Gasteiger charge is 2.20. The molecule has 2 aromatic rings. The molecule has 0 N–H and O–H groups in total. The molecule has 3 heteroatoms. The molecule has 20 heavy (non-hydrogen) atoms. The predicted octanol–water partition coefficient (Wildman–Crippen LogP) is 3.48. The minimum Gasteiger partial charge on any atom is -0.464 e. The fourth-order valence-corrected chi connectivity index (χ4v) is 2.92. The van der Waals surface area contributed by atoms with Crippen LogP contribution in [0.3, 0.4) is 0 Å². The van der Waals surface area contributed by atoms with E-state index in [1.54, 1.807) is 6.26 Å². The van der Waals surface area contributed by atoms with E-state index in [1.807, 2.05) is 12.1 Å². The van der Waals surface area contributed by atoms with E-state index in [0.717, 1.165) is 30.5 Å². The van der Waals surface area contributed by atoms with Crippen molar-refractivity contribution in [2.24, 2.45) is 0 Å². The molecule has 0 radical (unpaired) electrons. The average Bonchev–Trinajstić information content (AvgIpc) is 3.02. The number of anilines is 1. The van der Waals surface area contributed by atoms with Crippen molar-refractivity contribution in [3.8, 4) is 11.3 Å². The summed E-state index contributed by atoms with van der Waals surface area (Å²) in [5, 5.41) is 0. The average molecular weight is 270 g/mol. The Labute approximate surface area is 120 Å². The van der Waals surface area contributed by atoms with Gasteiger partial charge in [-0.05, 0) is 63.3 Å². The monoisotopic (exact) mass is 270 g/mol. The summed E-state index contributed by atoms with van der Waals surface area (Å²) in [4.78, 5) is 4.82. The molecule has 1 fully saturated rings. The summed E-state index contributed by atoms with van der Waals surface area (Å²) in [6, 6.07) is 13.3. The summed E-state index contributed by atoms with van der Waals surface area (Å²) >= 11 is 0. The molecular weight excluding hydrogens is 248 g/mol. The topological polar surface area (TPSA) is 19.6 Å². The Balaban J connectivity index is 1.67. The maximum atomic E-state index is 5.43. The first-order valence-corrected chi connectivity index (χ1v) is 7.29. The summed E-state index contributed by atoms with van der Waals surface area (Å²) in [6.07, 6.45) is 4.20. The third kappa shape index (κ3) is 2.73. The highest BCUT2D eigenvalue weighted by molar-refractivity contribution is 5.61. The molecule has 0 unspecified atom stereocenters. The normalized spacial score (nSPS) is 16.9. The molecule has 106 valence electrons. The first-order chi connectivity index (χ1) is 9.74. The molecule has 3 nitrogen and oxygen atoms in total. The van der Waals surface area contributed by atoms with Crippen LogP contribution in [0, 0.1) is 0 Å². The minimum atomic E-state index is 0.730. The predicted molar refractivity (Wildman–Crippen MR) is 83.1 cm³/mol. The van der Waals surface area contributed by atoms with Gasteiger partial charge in [0.2, 0.25) is 0 Å². The molecule has 1 saturated heterocycles. The van der Waals surface area contributed by atoms with Gasteiger partial charge < -0.3 is 14.2 Å². The van der Waals surface area contributed by atoms with Crippen LogP contribution >= 0.6 is 0 Å².